The fourth-order valence-corrected chi connectivity index (χ4v) is 4.26. The highest BCUT2D eigenvalue weighted by atomic mass is 79.9. The number of carbonyl (C=O) groups excluding carboxylic acids is 2. The minimum atomic E-state index is -0.830. The van der Waals surface area contributed by atoms with E-state index in [4.69, 9.17) is 9.47 Å². The lowest BCUT2D eigenvalue weighted by molar-refractivity contribution is -0.383. The number of nitrogens with one attached hydrogen (secondary N) is 1. The first-order valence-electron chi connectivity index (χ1n) is 11.1. The van der Waals surface area contributed by atoms with Crippen LogP contribution in [0.2, 0.25) is 0 Å². The number of benzene rings is 4. The predicted molar refractivity (Wildman–Crippen MR) is 145 cm³/mol. The number of rotatable bonds is 7. The number of methoxy groups -OCH3 is 1. The average molecular weight is 572 g/mol. The largest absolute Gasteiger partial charge is 0.493 e. The second kappa shape index (κ2) is 11.4. The highest BCUT2D eigenvalue weighted by molar-refractivity contribution is 9.10. The zero-order valence-electron chi connectivity index (χ0n) is 19.8. The standard InChI is InChI=1S/C28H18BrN3O6/c1-37-25-15-17(13-19(16-30)27(33)31-23-11-4-5-12-24(23)32(35)36)14-22(29)26(25)38-28(34)21-10-6-8-18-7-2-3-9-20(18)21/h2-15H,1H3,(H,31,33). The van der Waals surface area contributed by atoms with Crippen molar-refractivity contribution in [1.82, 2.24) is 0 Å². The first kappa shape index (κ1) is 26.1. The van der Waals surface area contributed by atoms with Gasteiger partial charge in [0.25, 0.3) is 11.6 Å². The third-order valence-corrected chi connectivity index (χ3v) is 6.07. The van der Waals surface area contributed by atoms with E-state index in [9.17, 15) is 25.0 Å². The van der Waals surface area contributed by atoms with Gasteiger partial charge in [0.2, 0.25) is 0 Å². The molecule has 0 aliphatic rings. The van der Waals surface area contributed by atoms with Crippen molar-refractivity contribution in [3.63, 3.8) is 0 Å². The van der Waals surface area contributed by atoms with Gasteiger partial charge in [0.15, 0.2) is 11.5 Å². The smallest absolute Gasteiger partial charge is 0.344 e. The van der Waals surface area contributed by atoms with Crippen LogP contribution in [0.15, 0.2) is 88.9 Å². The lowest BCUT2D eigenvalue weighted by Crippen LogP contribution is -2.14. The van der Waals surface area contributed by atoms with Crippen molar-refractivity contribution < 1.29 is 24.0 Å². The molecule has 38 heavy (non-hydrogen) atoms. The van der Waals surface area contributed by atoms with E-state index in [1.807, 2.05) is 30.3 Å². The summed E-state index contributed by atoms with van der Waals surface area (Å²) in [7, 11) is 1.39. The van der Waals surface area contributed by atoms with E-state index < -0.39 is 16.8 Å². The quantitative estimate of drug-likeness (QED) is 0.0688. The zero-order chi connectivity index (χ0) is 27.2. The van der Waals surface area contributed by atoms with Crippen LogP contribution >= 0.6 is 15.9 Å². The number of hydrogen-bond acceptors (Lipinski definition) is 7. The molecule has 9 nitrogen and oxygen atoms in total. The van der Waals surface area contributed by atoms with Crippen molar-refractivity contribution in [2.45, 2.75) is 0 Å². The van der Waals surface area contributed by atoms with Crippen molar-refractivity contribution >= 4 is 56.0 Å². The summed E-state index contributed by atoms with van der Waals surface area (Å²) in [6, 6.07) is 23.2. The van der Waals surface area contributed by atoms with Gasteiger partial charge in [0.05, 0.1) is 22.1 Å². The van der Waals surface area contributed by atoms with Crippen LogP contribution < -0.4 is 14.8 Å². The van der Waals surface area contributed by atoms with Gasteiger partial charge in [-0.15, -0.1) is 0 Å². The number of halogens is 1. The molecule has 0 aliphatic heterocycles. The number of nitro groups is 1. The monoisotopic (exact) mass is 571 g/mol. The number of nitro benzene ring substituents is 1. The molecule has 0 unspecified atom stereocenters. The van der Waals surface area contributed by atoms with Gasteiger partial charge in [-0.05, 0) is 62.6 Å². The summed E-state index contributed by atoms with van der Waals surface area (Å²) in [5.41, 5.74) is 0.100. The van der Waals surface area contributed by atoms with Crippen molar-refractivity contribution in [2.24, 2.45) is 0 Å². The molecule has 0 spiro atoms. The Kier molecular flexibility index (Phi) is 7.80. The zero-order valence-corrected chi connectivity index (χ0v) is 21.4. The molecule has 4 aromatic carbocycles. The van der Waals surface area contributed by atoms with Crippen LogP contribution in [0, 0.1) is 21.4 Å². The molecule has 0 radical (unpaired) electrons. The summed E-state index contributed by atoms with van der Waals surface area (Å²) >= 11 is 3.37. The van der Waals surface area contributed by atoms with E-state index in [0.717, 1.165) is 10.8 Å². The molecule has 188 valence electrons. The number of nitrogens with zero attached hydrogens (tertiary/aromatic N) is 2. The molecule has 0 fully saturated rings. The van der Waals surface area contributed by atoms with Gasteiger partial charge in [0, 0.05) is 6.07 Å². The minimum absolute atomic E-state index is 0.0434. The van der Waals surface area contributed by atoms with Gasteiger partial charge in [-0.1, -0.05) is 48.5 Å². The topological polar surface area (TPSA) is 132 Å². The minimum Gasteiger partial charge on any atom is -0.493 e. The second-order valence-electron chi connectivity index (χ2n) is 7.85. The Morgan fingerprint density at radius 3 is 2.50 bits per heavy atom. The van der Waals surface area contributed by atoms with E-state index in [2.05, 4.69) is 21.2 Å². The van der Waals surface area contributed by atoms with Crippen molar-refractivity contribution in [2.75, 3.05) is 12.4 Å². The van der Waals surface area contributed by atoms with E-state index in [0.29, 0.717) is 15.6 Å². The highest BCUT2D eigenvalue weighted by Crippen LogP contribution is 2.38. The van der Waals surface area contributed by atoms with Gasteiger partial charge in [-0.3, -0.25) is 14.9 Å². The van der Waals surface area contributed by atoms with Gasteiger partial charge in [-0.25, -0.2) is 4.79 Å². The number of carbonyl (C=O) groups is 2. The molecule has 0 saturated carbocycles. The molecule has 10 heteroatoms. The average Bonchev–Trinajstić information content (AvgIpc) is 2.92. The van der Waals surface area contributed by atoms with Crippen LogP contribution in [-0.2, 0) is 4.79 Å². The Bertz CT molecular complexity index is 1650. The van der Waals surface area contributed by atoms with Crippen LogP contribution in [0.4, 0.5) is 11.4 Å². The molecule has 0 heterocycles. The van der Waals surface area contributed by atoms with E-state index in [-0.39, 0.29) is 28.4 Å². The van der Waals surface area contributed by atoms with Crippen LogP contribution in [0.3, 0.4) is 0 Å². The maximum absolute atomic E-state index is 13.0. The fourth-order valence-electron chi connectivity index (χ4n) is 3.72. The van der Waals surface area contributed by atoms with E-state index in [1.165, 1.54) is 43.5 Å². The Morgan fingerprint density at radius 2 is 1.76 bits per heavy atom. The Hall–Kier alpha value is -5.01. The summed E-state index contributed by atoms with van der Waals surface area (Å²) in [5.74, 6) is -1.13. The van der Waals surface area contributed by atoms with Crippen molar-refractivity contribution in [3.8, 4) is 17.6 Å². The van der Waals surface area contributed by atoms with Crippen LogP contribution in [-0.4, -0.2) is 23.9 Å². The van der Waals surface area contributed by atoms with Crippen molar-refractivity contribution in [3.05, 3.63) is 110 Å². The summed E-state index contributed by atoms with van der Waals surface area (Å²) < 4.78 is 11.4. The number of para-hydroxylation sites is 2. The van der Waals surface area contributed by atoms with E-state index in [1.54, 1.807) is 24.3 Å². The molecule has 0 atom stereocenters. The van der Waals surface area contributed by atoms with Crippen LogP contribution in [0.1, 0.15) is 15.9 Å². The first-order chi connectivity index (χ1) is 18.3. The molecule has 0 bridgehead atoms. The Morgan fingerprint density at radius 1 is 1.05 bits per heavy atom. The molecule has 1 amide bonds. The highest BCUT2D eigenvalue weighted by Gasteiger charge is 2.20. The summed E-state index contributed by atoms with van der Waals surface area (Å²) in [6.45, 7) is 0. The number of anilines is 1. The second-order valence-corrected chi connectivity index (χ2v) is 8.70. The number of amides is 1. The number of hydrogen-bond donors (Lipinski definition) is 1. The number of nitriles is 1. The third-order valence-electron chi connectivity index (χ3n) is 5.48. The SMILES string of the molecule is COc1cc(C=C(C#N)C(=O)Nc2ccccc2[N+](=O)[O-])cc(Br)c1OC(=O)c1cccc2ccccc12. The normalized spacial score (nSPS) is 10.9. The lowest BCUT2D eigenvalue weighted by atomic mass is 10.0. The first-order valence-corrected chi connectivity index (χ1v) is 11.9. The molecule has 1 N–H and O–H groups in total. The van der Waals surface area contributed by atoms with Gasteiger partial charge >= 0.3 is 5.97 Å². The summed E-state index contributed by atoms with van der Waals surface area (Å²) in [4.78, 5) is 36.3. The molecular formula is C28H18BrN3O6. The maximum atomic E-state index is 13.0. The number of ether oxygens (including phenoxy) is 2. The summed E-state index contributed by atoms with van der Waals surface area (Å²) in [6.07, 6.45) is 1.29. The predicted octanol–water partition coefficient (Wildman–Crippen LogP) is 6.28. The summed E-state index contributed by atoms with van der Waals surface area (Å²) in [5, 5.41) is 24.8. The number of fused-ring (bicyclic) bond motifs is 1. The fraction of sp³-hybridized carbons (Fsp3) is 0.0357. The molecular weight excluding hydrogens is 554 g/mol. The molecule has 0 aliphatic carbocycles. The Balaban J connectivity index is 1.62. The Labute approximate surface area is 225 Å². The molecule has 4 aromatic rings. The van der Waals surface area contributed by atoms with Crippen LogP contribution in [0.25, 0.3) is 16.8 Å². The lowest BCUT2D eigenvalue weighted by Gasteiger charge is -2.13. The molecule has 0 aromatic heterocycles. The van der Waals surface area contributed by atoms with Crippen LogP contribution in [0.5, 0.6) is 11.5 Å². The van der Waals surface area contributed by atoms with Crippen molar-refractivity contribution in [1.29, 1.82) is 5.26 Å². The number of esters is 1. The molecule has 4 rings (SSSR count). The van der Waals surface area contributed by atoms with E-state index >= 15 is 0 Å². The molecule has 0 saturated heterocycles. The van der Waals surface area contributed by atoms with Gasteiger partial charge in [0.1, 0.15) is 17.3 Å². The van der Waals surface area contributed by atoms with Gasteiger partial charge in [-0.2, -0.15) is 5.26 Å². The maximum Gasteiger partial charge on any atom is 0.344 e. The third kappa shape index (κ3) is 5.53. The van der Waals surface area contributed by atoms with Gasteiger partial charge < -0.3 is 14.8 Å².